The van der Waals surface area contributed by atoms with Gasteiger partial charge in [0.15, 0.2) is 0 Å². The first-order valence-corrected chi connectivity index (χ1v) is 5.85. The van der Waals surface area contributed by atoms with Gasteiger partial charge in [0, 0.05) is 0 Å². The maximum absolute atomic E-state index is 4.26. The summed E-state index contributed by atoms with van der Waals surface area (Å²) >= 11 is 18.0. The Balaban J connectivity index is 3.65. The van der Waals surface area contributed by atoms with Crippen molar-refractivity contribution in [2.45, 2.75) is 9.16 Å². The Bertz CT molecular complexity index is 126. The second-order valence-electron chi connectivity index (χ2n) is 1.60. The number of thiol groups is 4. The monoisotopic (exact) mass is 242 g/mol. The summed E-state index contributed by atoms with van der Waals surface area (Å²) in [5.74, 6) is 0. The Morgan fingerprint density at radius 3 is 1.55 bits per heavy atom. The summed E-state index contributed by atoms with van der Waals surface area (Å²) in [5.41, 5.74) is 0. The minimum Gasteiger partial charge on any atom is -0.161 e. The van der Waals surface area contributed by atoms with Crippen molar-refractivity contribution in [1.82, 2.24) is 0 Å². The molecule has 0 saturated heterocycles. The van der Waals surface area contributed by atoms with E-state index in [1.807, 2.05) is 12.2 Å². The lowest BCUT2D eigenvalue weighted by atomic mass is 10.7. The van der Waals surface area contributed by atoms with E-state index in [0.717, 1.165) is 0 Å². The molecule has 2 atom stereocenters. The Morgan fingerprint density at radius 1 is 0.909 bits per heavy atom. The molecular formula is C6H10S5. The largest absolute Gasteiger partial charge is 0.161 e. The Hall–Kier alpha value is 1.23. The van der Waals surface area contributed by atoms with Crippen molar-refractivity contribution in [2.75, 3.05) is 0 Å². The van der Waals surface area contributed by atoms with Gasteiger partial charge in [-0.15, -0.1) is 11.8 Å². The first-order chi connectivity index (χ1) is 5.20. The third-order valence-corrected chi connectivity index (χ3v) is 3.07. The van der Waals surface area contributed by atoms with E-state index in [4.69, 9.17) is 0 Å². The summed E-state index contributed by atoms with van der Waals surface area (Å²) in [6.45, 7) is 0. The predicted molar refractivity (Wildman–Crippen MR) is 69.4 cm³/mol. The van der Waals surface area contributed by atoms with Crippen LogP contribution in [0.5, 0.6) is 0 Å². The van der Waals surface area contributed by atoms with Crippen LogP contribution in [0.4, 0.5) is 0 Å². The van der Waals surface area contributed by atoms with Crippen LogP contribution in [0.15, 0.2) is 23.0 Å². The summed E-state index contributed by atoms with van der Waals surface area (Å²) in [7, 11) is 0. The molecule has 0 nitrogen and oxygen atoms in total. The van der Waals surface area contributed by atoms with Crippen molar-refractivity contribution in [3.8, 4) is 0 Å². The molecule has 0 spiro atoms. The highest BCUT2D eigenvalue weighted by Gasteiger charge is 2.03. The summed E-state index contributed by atoms with van der Waals surface area (Å²) in [6.07, 6.45) is 3.76. The smallest absolute Gasteiger partial charge is 0.0674 e. The molecule has 0 aliphatic rings. The molecular weight excluding hydrogens is 232 g/mol. The van der Waals surface area contributed by atoms with Gasteiger partial charge in [0.1, 0.15) is 0 Å². The van der Waals surface area contributed by atoms with Gasteiger partial charge in [-0.05, 0) is 10.8 Å². The first kappa shape index (κ1) is 12.2. The molecule has 0 aromatic heterocycles. The molecule has 64 valence electrons. The second-order valence-corrected chi connectivity index (χ2v) is 5.30. The Kier molecular flexibility index (Phi) is 8.74. The van der Waals surface area contributed by atoms with Gasteiger partial charge in [0.2, 0.25) is 0 Å². The SMILES string of the molecule is S/C=C/C(S)SC(S)/C=C/S. The number of hydrogen-bond acceptors (Lipinski definition) is 5. The molecule has 0 N–H and O–H groups in total. The van der Waals surface area contributed by atoms with Crippen LogP contribution in [0.25, 0.3) is 0 Å². The molecule has 0 rings (SSSR count). The predicted octanol–water partition coefficient (Wildman–Crippen LogP) is 3.12. The minimum atomic E-state index is 0.138. The molecule has 2 unspecified atom stereocenters. The topological polar surface area (TPSA) is 0 Å². The third kappa shape index (κ3) is 7.59. The van der Waals surface area contributed by atoms with Crippen molar-refractivity contribution < 1.29 is 0 Å². The highest BCUT2D eigenvalue weighted by atomic mass is 32.2. The van der Waals surface area contributed by atoms with Crippen LogP contribution >= 0.6 is 62.3 Å². The van der Waals surface area contributed by atoms with Gasteiger partial charge in [-0.2, -0.15) is 50.5 Å². The fourth-order valence-corrected chi connectivity index (χ4v) is 3.10. The Labute approximate surface area is 93.9 Å². The van der Waals surface area contributed by atoms with Crippen LogP contribution in [0.1, 0.15) is 0 Å². The molecule has 0 amide bonds. The van der Waals surface area contributed by atoms with Gasteiger partial charge < -0.3 is 0 Å². The number of rotatable bonds is 4. The van der Waals surface area contributed by atoms with Crippen LogP contribution in [0, 0.1) is 0 Å². The average Bonchev–Trinajstić information content (AvgIpc) is 1.87. The molecule has 0 fully saturated rings. The van der Waals surface area contributed by atoms with Crippen LogP contribution in [-0.4, -0.2) is 9.16 Å². The summed E-state index contributed by atoms with van der Waals surface area (Å²) in [5, 5.41) is 3.35. The fourth-order valence-electron chi connectivity index (χ4n) is 0.381. The average molecular weight is 242 g/mol. The van der Waals surface area contributed by atoms with Gasteiger partial charge in [-0.25, -0.2) is 0 Å². The van der Waals surface area contributed by atoms with Crippen molar-refractivity contribution in [1.29, 1.82) is 0 Å². The zero-order chi connectivity index (χ0) is 8.69. The van der Waals surface area contributed by atoms with Gasteiger partial charge >= 0.3 is 0 Å². The minimum absolute atomic E-state index is 0.138. The lowest BCUT2D eigenvalue weighted by Crippen LogP contribution is -1.93. The highest BCUT2D eigenvalue weighted by molar-refractivity contribution is 8.17. The standard InChI is InChI=1S/C6H10S5/c7-3-1-5(9)11-6(10)2-4-8/h1-10H/b3-1+,4-2+. The van der Waals surface area contributed by atoms with E-state index in [1.54, 1.807) is 22.6 Å². The quantitative estimate of drug-likeness (QED) is 0.434. The van der Waals surface area contributed by atoms with Crippen molar-refractivity contribution in [3.05, 3.63) is 23.0 Å². The third-order valence-electron chi connectivity index (χ3n) is 0.780. The van der Waals surface area contributed by atoms with E-state index in [0.29, 0.717) is 0 Å². The molecule has 0 bridgehead atoms. The van der Waals surface area contributed by atoms with Crippen LogP contribution in [0.3, 0.4) is 0 Å². The number of thioether (sulfide) groups is 1. The van der Waals surface area contributed by atoms with Crippen LogP contribution in [0.2, 0.25) is 0 Å². The summed E-state index contributed by atoms with van der Waals surface area (Å²) in [6, 6.07) is 0. The lowest BCUT2D eigenvalue weighted by Gasteiger charge is -2.07. The van der Waals surface area contributed by atoms with E-state index in [1.165, 1.54) is 0 Å². The summed E-state index contributed by atoms with van der Waals surface area (Å²) in [4.78, 5) is 0. The zero-order valence-corrected chi connectivity index (χ0v) is 10.1. The molecule has 0 radical (unpaired) electrons. The fraction of sp³-hybridized carbons (Fsp3) is 0.333. The van der Waals surface area contributed by atoms with Gasteiger partial charge in [-0.1, -0.05) is 12.2 Å². The van der Waals surface area contributed by atoms with Crippen molar-refractivity contribution >= 4 is 62.3 Å². The van der Waals surface area contributed by atoms with E-state index in [-0.39, 0.29) is 9.16 Å². The maximum atomic E-state index is 4.26. The maximum Gasteiger partial charge on any atom is 0.0674 e. The van der Waals surface area contributed by atoms with E-state index in [9.17, 15) is 0 Å². The van der Waals surface area contributed by atoms with Crippen LogP contribution in [-0.2, 0) is 0 Å². The second kappa shape index (κ2) is 7.86. The normalized spacial score (nSPS) is 17.8. The summed E-state index contributed by atoms with van der Waals surface area (Å²) < 4.78 is 0.277. The molecule has 0 aliphatic carbocycles. The number of hydrogen-bond donors (Lipinski definition) is 4. The molecule has 0 heterocycles. The Morgan fingerprint density at radius 2 is 1.27 bits per heavy atom. The van der Waals surface area contributed by atoms with Crippen LogP contribution < -0.4 is 0 Å². The van der Waals surface area contributed by atoms with Gasteiger partial charge in [0.25, 0.3) is 0 Å². The molecule has 0 aromatic rings. The highest BCUT2D eigenvalue weighted by Crippen LogP contribution is 2.25. The van der Waals surface area contributed by atoms with E-state index < -0.39 is 0 Å². The lowest BCUT2D eigenvalue weighted by molar-refractivity contribution is 1.61. The molecule has 0 aliphatic heterocycles. The molecule has 5 heteroatoms. The molecule has 0 saturated carbocycles. The van der Waals surface area contributed by atoms with E-state index >= 15 is 0 Å². The first-order valence-electron chi connectivity index (χ1n) is 2.84. The molecule has 11 heavy (non-hydrogen) atoms. The van der Waals surface area contributed by atoms with Crippen molar-refractivity contribution in [3.63, 3.8) is 0 Å². The van der Waals surface area contributed by atoms with Gasteiger partial charge in [0.05, 0.1) is 9.16 Å². The van der Waals surface area contributed by atoms with Gasteiger partial charge in [-0.3, -0.25) is 0 Å². The molecule has 0 aromatic carbocycles. The van der Waals surface area contributed by atoms with E-state index in [2.05, 4.69) is 50.5 Å². The van der Waals surface area contributed by atoms with Crippen molar-refractivity contribution in [2.24, 2.45) is 0 Å². The zero-order valence-electron chi connectivity index (χ0n) is 5.66.